The van der Waals surface area contributed by atoms with E-state index in [9.17, 15) is 0 Å². The Labute approximate surface area is 360 Å². The summed E-state index contributed by atoms with van der Waals surface area (Å²) in [5, 5.41) is 9.57. The van der Waals surface area contributed by atoms with Crippen molar-refractivity contribution >= 4 is 71.3 Å². The van der Waals surface area contributed by atoms with E-state index in [1.54, 1.807) is 0 Å². The van der Waals surface area contributed by atoms with Gasteiger partial charge in [0.05, 0.1) is 5.69 Å². The van der Waals surface area contributed by atoms with E-state index < -0.39 is 0 Å². The summed E-state index contributed by atoms with van der Waals surface area (Å²) in [6, 6.07) is 85.5. The fourth-order valence-corrected chi connectivity index (χ4v) is 9.48. The van der Waals surface area contributed by atoms with E-state index in [2.05, 4.69) is 241 Å². The second-order valence-corrected chi connectivity index (χ2v) is 16.0. The predicted molar refractivity (Wildman–Crippen MR) is 263 cm³/mol. The Morgan fingerprint density at radius 3 is 1.56 bits per heavy atom. The van der Waals surface area contributed by atoms with Crippen LogP contribution < -0.4 is 4.90 Å². The molecular weight excluding hydrogens is 751 g/mol. The summed E-state index contributed by atoms with van der Waals surface area (Å²) in [7, 11) is 0. The smallest absolute Gasteiger partial charge is 0.143 e. The number of hydrogen-bond acceptors (Lipinski definition) is 2. The van der Waals surface area contributed by atoms with Crippen molar-refractivity contribution in [3.8, 4) is 44.5 Å². The van der Waals surface area contributed by atoms with Gasteiger partial charge in [0, 0.05) is 33.1 Å². The number of benzene rings is 11. The highest BCUT2D eigenvalue weighted by molar-refractivity contribution is 6.19. The van der Waals surface area contributed by atoms with E-state index in [1.807, 2.05) is 0 Å². The van der Waals surface area contributed by atoms with Crippen molar-refractivity contribution in [1.82, 2.24) is 0 Å². The second kappa shape index (κ2) is 14.8. The quantitative estimate of drug-likeness (QED) is 0.150. The predicted octanol–water partition coefficient (Wildman–Crippen LogP) is 17.2. The number of hydrogen-bond donors (Lipinski definition) is 0. The molecule has 0 spiro atoms. The number of furan rings is 1. The van der Waals surface area contributed by atoms with Crippen LogP contribution in [0.5, 0.6) is 0 Å². The Hall–Kier alpha value is -8.20. The van der Waals surface area contributed by atoms with Gasteiger partial charge in [-0.15, -0.1) is 0 Å². The molecule has 0 amide bonds. The van der Waals surface area contributed by atoms with E-state index >= 15 is 0 Å². The van der Waals surface area contributed by atoms with Crippen molar-refractivity contribution in [3.63, 3.8) is 0 Å². The first-order valence-electron chi connectivity index (χ1n) is 21.2. The van der Waals surface area contributed by atoms with Crippen molar-refractivity contribution < 1.29 is 4.42 Å². The standard InChI is InChI=1S/C60H39NO/c1-3-13-40(14-4-1)41-25-32-47(33-26-41)61(48-34-27-45(28-35-48)52-22-12-24-58-59(52)56-38-30-44-18-8-10-20-53(44)60(56)62-58)57-39-46(31-36-51(57)42-15-5-2-6-16-42)50-21-11-23-54-49-19-9-7-17-43(49)29-37-55(50)54/h1-39H. The summed E-state index contributed by atoms with van der Waals surface area (Å²) >= 11 is 0. The Bertz CT molecular complexity index is 3610. The SMILES string of the molecule is c1ccc(-c2ccc(N(c3ccc(-c4cccc5oc6c7ccccc7ccc6c45)cc3)c3cc(-c4cccc5c4ccc4ccccc45)ccc3-c3ccccc3)cc2)cc1. The molecule has 12 aromatic rings. The lowest BCUT2D eigenvalue weighted by atomic mass is 9.92. The first-order chi connectivity index (χ1) is 30.7. The van der Waals surface area contributed by atoms with Gasteiger partial charge < -0.3 is 9.32 Å². The van der Waals surface area contributed by atoms with Gasteiger partial charge in [-0.2, -0.15) is 0 Å². The molecule has 0 radical (unpaired) electrons. The molecule has 0 atom stereocenters. The molecule has 11 aromatic carbocycles. The summed E-state index contributed by atoms with van der Waals surface area (Å²) in [6.07, 6.45) is 0. The van der Waals surface area contributed by atoms with Crippen LogP contribution in [0.15, 0.2) is 241 Å². The van der Waals surface area contributed by atoms with Crippen molar-refractivity contribution in [3.05, 3.63) is 237 Å². The second-order valence-electron chi connectivity index (χ2n) is 16.0. The molecule has 0 aliphatic heterocycles. The monoisotopic (exact) mass is 789 g/mol. The maximum Gasteiger partial charge on any atom is 0.143 e. The van der Waals surface area contributed by atoms with Crippen molar-refractivity contribution in [2.24, 2.45) is 0 Å². The zero-order valence-electron chi connectivity index (χ0n) is 33.9. The normalized spacial score (nSPS) is 11.5. The number of fused-ring (bicyclic) bond motifs is 8. The van der Waals surface area contributed by atoms with E-state index in [1.165, 1.54) is 43.6 Å². The lowest BCUT2D eigenvalue weighted by Crippen LogP contribution is -2.11. The van der Waals surface area contributed by atoms with Gasteiger partial charge in [-0.25, -0.2) is 0 Å². The van der Waals surface area contributed by atoms with Crippen LogP contribution >= 0.6 is 0 Å². The van der Waals surface area contributed by atoms with Crippen molar-refractivity contribution in [1.29, 1.82) is 0 Å². The molecule has 290 valence electrons. The lowest BCUT2D eigenvalue weighted by Gasteiger charge is -2.29. The summed E-state index contributed by atoms with van der Waals surface area (Å²) in [5.41, 5.74) is 14.4. The molecule has 0 bridgehead atoms. The van der Waals surface area contributed by atoms with Gasteiger partial charge in [0.1, 0.15) is 11.2 Å². The molecule has 2 heteroatoms. The molecule has 0 saturated carbocycles. The Balaban J connectivity index is 1.05. The van der Waals surface area contributed by atoms with Crippen LogP contribution in [0.2, 0.25) is 0 Å². The van der Waals surface area contributed by atoms with Crippen LogP contribution in [0.1, 0.15) is 0 Å². The van der Waals surface area contributed by atoms with E-state index in [0.29, 0.717) is 0 Å². The fourth-order valence-electron chi connectivity index (χ4n) is 9.48. The lowest BCUT2D eigenvalue weighted by molar-refractivity contribution is 0.673. The summed E-state index contributed by atoms with van der Waals surface area (Å²) in [6.45, 7) is 0. The van der Waals surface area contributed by atoms with Crippen LogP contribution in [0.4, 0.5) is 17.1 Å². The van der Waals surface area contributed by atoms with Gasteiger partial charge in [-0.05, 0) is 108 Å². The fraction of sp³-hybridized carbons (Fsp3) is 0. The molecule has 12 rings (SSSR count). The van der Waals surface area contributed by atoms with Gasteiger partial charge in [0.15, 0.2) is 0 Å². The van der Waals surface area contributed by atoms with Gasteiger partial charge in [-0.1, -0.05) is 194 Å². The Morgan fingerprint density at radius 1 is 0.290 bits per heavy atom. The molecule has 1 aromatic heterocycles. The van der Waals surface area contributed by atoms with Gasteiger partial charge >= 0.3 is 0 Å². The third kappa shape index (κ3) is 6.04. The minimum absolute atomic E-state index is 0.892. The Kier molecular flexibility index (Phi) is 8.53. The molecule has 1 heterocycles. The molecule has 2 nitrogen and oxygen atoms in total. The molecule has 0 saturated heterocycles. The van der Waals surface area contributed by atoms with Crippen LogP contribution in [0.3, 0.4) is 0 Å². The van der Waals surface area contributed by atoms with Crippen LogP contribution in [-0.4, -0.2) is 0 Å². The summed E-state index contributed by atoms with van der Waals surface area (Å²) in [4.78, 5) is 2.42. The maximum absolute atomic E-state index is 6.59. The number of anilines is 3. The molecule has 0 aliphatic carbocycles. The molecule has 0 unspecified atom stereocenters. The molecule has 62 heavy (non-hydrogen) atoms. The topological polar surface area (TPSA) is 16.4 Å². The first kappa shape index (κ1) is 35.7. The third-order valence-electron chi connectivity index (χ3n) is 12.5. The molecule has 0 fully saturated rings. The highest BCUT2D eigenvalue weighted by atomic mass is 16.3. The van der Waals surface area contributed by atoms with Crippen LogP contribution in [-0.2, 0) is 0 Å². The average Bonchev–Trinajstić information content (AvgIpc) is 3.75. The number of rotatable bonds is 7. The van der Waals surface area contributed by atoms with Gasteiger partial charge in [0.2, 0.25) is 0 Å². The maximum atomic E-state index is 6.59. The summed E-state index contributed by atoms with van der Waals surface area (Å²) in [5.74, 6) is 0. The Morgan fingerprint density at radius 2 is 0.823 bits per heavy atom. The van der Waals surface area contributed by atoms with Gasteiger partial charge in [-0.3, -0.25) is 0 Å². The minimum Gasteiger partial charge on any atom is -0.455 e. The summed E-state index contributed by atoms with van der Waals surface area (Å²) < 4.78 is 6.59. The molecule has 0 N–H and O–H groups in total. The third-order valence-corrected chi connectivity index (χ3v) is 12.5. The first-order valence-corrected chi connectivity index (χ1v) is 21.2. The molecular formula is C60H39NO. The van der Waals surface area contributed by atoms with Gasteiger partial charge in [0.25, 0.3) is 0 Å². The zero-order valence-corrected chi connectivity index (χ0v) is 33.9. The van der Waals surface area contributed by atoms with Crippen molar-refractivity contribution in [2.45, 2.75) is 0 Å². The van der Waals surface area contributed by atoms with E-state index in [-0.39, 0.29) is 0 Å². The zero-order chi connectivity index (χ0) is 41.0. The van der Waals surface area contributed by atoms with E-state index in [0.717, 1.165) is 72.2 Å². The van der Waals surface area contributed by atoms with Crippen LogP contribution in [0, 0.1) is 0 Å². The van der Waals surface area contributed by atoms with Crippen molar-refractivity contribution in [2.75, 3.05) is 4.90 Å². The largest absolute Gasteiger partial charge is 0.455 e. The van der Waals surface area contributed by atoms with E-state index in [4.69, 9.17) is 4.42 Å². The van der Waals surface area contributed by atoms with Crippen LogP contribution in [0.25, 0.3) is 98.8 Å². The average molecular weight is 790 g/mol. The number of nitrogens with zero attached hydrogens (tertiary/aromatic N) is 1. The highest BCUT2D eigenvalue weighted by Gasteiger charge is 2.21. The highest BCUT2D eigenvalue weighted by Crippen LogP contribution is 2.46. The molecule has 0 aliphatic rings. The minimum atomic E-state index is 0.892.